The van der Waals surface area contributed by atoms with E-state index in [0.717, 1.165) is 26.2 Å². The molecule has 0 atom stereocenters. The molecule has 19 heavy (non-hydrogen) atoms. The number of hydrogen-bond donors (Lipinski definition) is 0. The van der Waals surface area contributed by atoms with Gasteiger partial charge in [-0.3, -0.25) is 9.69 Å². The fourth-order valence-electron chi connectivity index (χ4n) is 1.95. The van der Waals surface area contributed by atoms with E-state index in [-0.39, 0.29) is 5.97 Å². The fourth-order valence-corrected chi connectivity index (χ4v) is 1.95. The second-order valence-electron chi connectivity index (χ2n) is 4.24. The van der Waals surface area contributed by atoms with Gasteiger partial charge in [-0.2, -0.15) is 4.98 Å². The molecule has 7 heteroatoms. The van der Waals surface area contributed by atoms with Gasteiger partial charge in [0.25, 0.3) is 0 Å². The lowest BCUT2D eigenvalue weighted by Gasteiger charge is -2.33. The molecular formula is C12H18N4O3. The average molecular weight is 266 g/mol. The maximum absolute atomic E-state index is 11.2. The predicted molar refractivity (Wildman–Crippen MR) is 69.3 cm³/mol. The minimum Gasteiger partial charge on any atom is -0.481 e. The van der Waals surface area contributed by atoms with Crippen LogP contribution in [0.5, 0.6) is 5.88 Å². The van der Waals surface area contributed by atoms with Crippen molar-refractivity contribution in [1.82, 2.24) is 14.9 Å². The summed E-state index contributed by atoms with van der Waals surface area (Å²) in [4.78, 5) is 23.9. The molecule has 1 aliphatic heterocycles. The van der Waals surface area contributed by atoms with Gasteiger partial charge in [0, 0.05) is 38.4 Å². The largest absolute Gasteiger partial charge is 0.481 e. The third kappa shape index (κ3) is 3.54. The summed E-state index contributed by atoms with van der Waals surface area (Å²) in [5.41, 5.74) is 0. The van der Waals surface area contributed by atoms with Gasteiger partial charge in [0.05, 0.1) is 20.8 Å². The minimum absolute atomic E-state index is 0.203. The van der Waals surface area contributed by atoms with Gasteiger partial charge in [-0.1, -0.05) is 0 Å². The van der Waals surface area contributed by atoms with Gasteiger partial charge in [-0.25, -0.2) is 4.98 Å². The second kappa shape index (κ2) is 6.33. The Labute approximate surface area is 112 Å². The first-order valence-electron chi connectivity index (χ1n) is 6.14. The van der Waals surface area contributed by atoms with Crippen molar-refractivity contribution >= 4 is 11.9 Å². The van der Waals surface area contributed by atoms with Crippen LogP contribution in [0.25, 0.3) is 0 Å². The fraction of sp³-hybridized carbons (Fsp3) is 0.583. The molecule has 0 aliphatic carbocycles. The van der Waals surface area contributed by atoms with E-state index in [1.807, 2.05) is 0 Å². The molecule has 1 fully saturated rings. The number of nitrogens with zero attached hydrogens (tertiary/aromatic N) is 4. The summed E-state index contributed by atoms with van der Waals surface area (Å²) in [5.74, 6) is 1.02. The third-order valence-corrected chi connectivity index (χ3v) is 3.06. The van der Waals surface area contributed by atoms with Crippen molar-refractivity contribution in [1.29, 1.82) is 0 Å². The van der Waals surface area contributed by atoms with Crippen molar-refractivity contribution in [3.8, 4) is 5.88 Å². The van der Waals surface area contributed by atoms with Crippen LogP contribution in [-0.2, 0) is 9.53 Å². The van der Waals surface area contributed by atoms with E-state index in [0.29, 0.717) is 18.4 Å². The summed E-state index contributed by atoms with van der Waals surface area (Å²) < 4.78 is 9.74. The lowest BCUT2D eigenvalue weighted by Crippen LogP contribution is -2.48. The molecule has 1 aliphatic rings. The molecule has 0 bridgehead atoms. The van der Waals surface area contributed by atoms with E-state index >= 15 is 0 Å². The molecule has 7 nitrogen and oxygen atoms in total. The van der Waals surface area contributed by atoms with Gasteiger partial charge >= 0.3 is 5.97 Å². The second-order valence-corrected chi connectivity index (χ2v) is 4.24. The number of esters is 1. The summed E-state index contributed by atoms with van der Waals surface area (Å²) in [5, 5.41) is 0. The summed E-state index contributed by atoms with van der Waals surface area (Å²) in [7, 11) is 2.99. The van der Waals surface area contributed by atoms with Crippen molar-refractivity contribution < 1.29 is 14.3 Å². The van der Waals surface area contributed by atoms with Crippen LogP contribution in [0, 0.1) is 0 Å². The van der Waals surface area contributed by atoms with E-state index in [1.54, 1.807) is 19.4 Å². The molecule has 104 valence electrons. The quantitative estimate of drug-likeness (QED) is 0.698. The van der Waals surface area contributed by atoms with E-state index in [9.17, 15) is 4.79 Å². The number of carbonyl (C=O) groups is 1. The third-order valence-electron chi connectivity index (χ3n) is 3.06. The molecule has 0 unspecified atom stereocenters. The molecule has 0 amide bonds. The van der Waals surface area contributed by atoms with Crippen molar-refractivity contribution in [2.45, 2.75) is 0 Å². The van der Waals surface area contributed by atoms with Gasteiger partial charge in [0.15, 0.2) is 0 Å². The Morgan fingerprint density at radius 3 is 2.68 bits per heavy atom. The SMILES string of the molecule is COC(=O)CN1CCN(c2nccc(OC)n2)CC1. The topological polar surface area (TPSA) is 67.8 Å². The molecule has 0 N–H and O–H groups in total. The summed E-state index contributed by atoms with van der Waals surface area (Å²) >= 11 is 0. The molecular weight excluding hydrogens is 248 g/mol. The van der Waals surface area contributed by atoms with Crippen LogP contribution in [0.2, 0.25) is 0 Å². The number of aromatic nitrogens is 2. The smallest absolute Gasteiger partial charge is 0.319 e. The maximum atomic E-state index is 11.2. The zero-order valence-electron chi connectivity index (χ0n) is 11.2. The molecule has 0 saturated carbocycles. The van der Waals surface area contributed by atoms with Crippen molar-refractivity contribution in [2.75, 3.05) is 51.8 Å². The van der Waals surface area contributed by atoms with Crippen LogP contribution in [-0.4, -0.2) is 67.8 Å². The normalized spacial score (nSPS) is 16.2. The van der Waals surface area contributed by atoms with Crippen LogP contribution in [0.3, 0.4) is 0 Å². The number of carbonyl (C=O) groups excluding carboxylic acids is 1. The average Bonchev–Trinajstić information content (AvgIpc) is 2.48. The van der Waals surface area contributed by atoms with Crippen LogP contribution < -0.4 is 9.64 Å². The lowest BCUT2D eigenvalue weighted by molar-refractivity contribution is -0.142. The summed E-state index contributed by atoms with van der Waals surface area (Å²) in [6.07, 6.45) is 1.68. The first-order valence-corrected chi connectivity index (χ1v) is 6.14. The number of ether oxygens (including phenoxy) is 2. The molecule has 0 spiro atoms. The van der Waals surface area contributed by atoms with Crippen LogP contribution in [0.1, 0.15) is 0 Å². The maximum Gasteiger partial charge on any atom is 0.319 e. The lowest BCUT2D eigenvalue weighted by atomic mass is 10.3. The zero-order chi connectivity index (χ0) is 13.7. The Morgan fingerprint density at radius 2 is 2.05 bits per heavy atom. The highest BCUT2D eigenvalue weighted by molar-refractivity contribution is 5.71. The van der Waals surface area contributed by atoms with Gasteiger partial charge < -0.3 is 14.4 Å². The number of methoxy groups -OCH3 is 2. The molecule has 2 rings (SSSR count). The monoisotopic (exact) mass is 266 g/mol. The first kappa shape index (κ1) is 13.5. The van der Waals surface area contributed by atoms with Gasteiger partial charge in [-0.15, -0.1) is 0 Å². The molecule has 0 radical (unpaired) electrons. The molecule has 0 aromatic carbocycles. The Hall–Kier alpha value is -1.89. The van der Waals surface area contributed by atoms with E-state index < -0.39 is 0 Å². The number of anilines is 1. The first-order chi connectivity index (χ1) is 9.22. The van der Waals surface area contributed by atoms with Gasteiger partial charge in [-0.05, 0) is 0 Å². The Balaban J connectivity index is 1.90. The highest BCUT2D eigenvalue weighted by atomic mass is 16.5. The van der Waals surface area contributed by atoms with Gasteiger partial charge in [0.1, 0.15) is 0 Å². The zero-order valence-corrected chi connectivity index (χ0v) is 11.2. The van der Waals surface area contributed by atoms with Crippen molar-refractivity contribution in [2.24, 2.45) is 0 Å². The van der Waals surface area contributed by atoms with Crippen molar-refractivity contribution in [3.63, 3.8) is 0 Å². The Morgan fingerprint density at radius 1 is 1.32 bits per heavy atom. The number of rotatable bonds is 4. The Bertz CT molecular complexity index is 433. The van der Waals surface area contributed by atoms with Crippen LogP contribution >= 0.6 is 0 Å². The highest BCUT2D eigenvalue weighted by Crippen LogP contribution is 2.14. The molecule has 1 aromatic heterocycles. The minimum atomic E-state index is -0.203. The number of piperazine rings is 1. The molecule has 1 aromatic rings. The van der Waals surface area contributed by atoms with Crippen LogP contribution in [0.15, 0.2) is 12.3 Å². The summed E-state index contributed by atoms with van der Waals surface area (Å²) in [6, 6.07) is 1.72. The molecule has 2 heterocycles. The number of hydrogen-bond acceptors (Lipinski definition) is 7. The standard InChI is InChI=1S/C12H18N4O3/c1-18-10-3-4-13-12(14-10)16-7-5-15(6-8-16)9-11(17)19-2/h3-4H,5-9H2,1-2H3. The highest BCUT2D eigenvalue weighted by Gasteiger charge is 2.20. The van der Waals surface area contributed by atoms with Crippen molar-refractivity contribution in [3.05, 3.63) is 12.3 Å². The van der Waals surface area contributed by atoms with E-state index in [1.165, 1.54) is 7.11 Å². The Kier molecular flexibility index (Phi) is 4.51. The predicted octanol–water partition coefficient (Wildman–Crippen LogP) is -0.220. The summed E-state index contributed by atoms with van der Waals surface area (Å²) in [6.45, 7) is 3.48. The van der Waals surface area contributed by atoms with E-state index in [4.69, 9.17) is 4.74 Å². The molecule has 1 saturated heterocycles. The van der Waals surface area contributed by atoms with Crippen LogP contribution in [0.4, 0.5) is 5.95 Å². The van der Waals surface area contributed by atoms with E-state index in [2.05, 4.69) is 24.5 Å². The van der Waals surface area contributed by atoms with Gasteiger partial charge in [0.2, 0.25) is 11.8 Å².